The normalized spacial score (nSPS) is 10.2. The molecular formula is C13H26. The van der Waals surface area contributed by atoms with E-state index in [0.29, 0.717) is 0 Å². The zero-order valence-corrected chi connectivity index (χ0v) is 10.5. The van der Waals surface area contributed by atoms with E-state index < -0.39 is 0 Å². The van der Waals surface area contributed by atoms with Crippen LogP contribution in [-0.2, 0) is 0 Å². The van der Waals surface area contributed by atoms with Crippen molar-refractivity contribution in [2.75, 3.05) is 0 Å². The van der Waals surface area contributed by atoms with Gasteiger partial charge in [0, 0.05) is 0 Å². The summed E-state index contributed by atoms with van der Waals surface area (Å²) in [5.41, 5.74) is 4.50. The van der Waals surface area contributed by atoms with Crippen LogP contribution in [0.15, 0.2) is 22.8 Å². The van der Waals surface area contributed by atoms with Gasteiger partial charge in [-0.1, -0.05) is 39.3 Å². The maximum Gasteiger partial charge on any atom is -0.0305 e. The van der Waals surface area contributed by atoms with Gasteiger partial charge in [-0.25, -0.2) is 0 Å². The first-order chi connectivity index (χ1) is 6.17. The average molecular weight is 182 g/mol. The molecule has 0 nitrogen and oxygen atoms in total. The summed E-state index contributed by atoms with van der Waals surface area (Å²) >= 11 is 0. The predicted octanol–water partition coefficient (Wildman–Crippen LogP) is 5.12. The summed E-state index contributed by atoms with van der Waals surface area (Å²) in [6.45, 7) is 14.9. The molecule has 0 fully saturated rings. The van der Waals surface area contributed by atoms with Crippen molar-refractivity contribution in [3.05, 3.63) is 22.8 Å². The van der Waals surface area contributed by atoms with Crippen molar-refractivity contribution in [1.29, 1.82) is 0 Å². The zero-order chi connectivity index (χ0) is 10.9. The molecule has 0 aliphatic heterocycles. The van der Waals surface area contributed by atoms with Gasteiger partial charge < -0.3 is 0 Å². The van der Waals surface area contributed by atoms with Crippen LogP contribution in [0.3, 0.4) is 0 Å². The SMILES string of the molecule is C/C=C(/CC)C(CC)=C(C)C.CC. The van der Waals surface area contributed by atoms with Crippen LogP contribution in [0.5, 0.6) is 0 Å². The lowest BCUT2D eigenvalue weighted by atomic mass is 9.97. The van der Waals surface area contributed by atoms with Crippen LogP contribution in [0.25, 0.3) is 0 Å². The van der Waals surface area contributed by atoms with Crippen LogP contribution >= 0.6 is 0 Å². The van der Waals surface area contributed by atoms with E-state index in [1.165, 1.54) is 16.7 Å². The molecule has 0 aliphatic carbocycles. The first-order valence-electron chi connectivity index (χ1n) is 5.49. The fourth-order valence-electron chi connectivity index (χ4n) is 1.49. The molecule has 0 unspecified atom stereocenters. The maximum atomic E-state index is 2.23. The summed E-state index contributed by atoms with van der Waals surface area (Å²) < 4.78 is 0. The highest BCUT2D eigenvalue weighted by atomic mass is 14.1. The summed E-state index contributed by atoms with van der Waals surface area (Å²) in [6, 6.07) is 0. The second-order valence-corrected chi connectivity index (χ2v) is 3.00. The van der Waals surface area contributed by atoms with E-state index in [9.17, 15) is 0 Å². The molecule has 0 aromatic carbocycles. The molecule has 0 saturated carbocycles. The highest BCUT2D eigenvalue weighted by Crippen LogP contribution is 2.20. The highest BCUT2D eigenvalue weighted by Gasteiger charge is 2.00. The zero-order valence-electron chi connectivity index (χ0n) is 10.5. The van der Waals surface area contributed by atoms with Gasteiger partial charge in [-0.2, -0.15) is 0 Å². The summed E-state index contributed by atoms with van der Waals surface area (Å²) in [4.78, 5) is 0. The Balaban J connectivity index is 0. The standard InChI is InChI=1S/C11H20.C2H6/c1-6-10(7-2)11(8-3)9(4)5;1-2/h6H,7-8H2,1-5H3;1-2H3/b10-6-;. The summed E-state index contributed by atoms with van der Waals surface area (Å²) in [6.07, 6.45) is 4.55. The minimum absolute atomic E-state index is 1.16. The van der Waals surface area contributed by atoms with Crippen molar-refractivity contribution >= 4 is 0 Å². The molecule has 78 valence electrons. The highest BCUT2D eigenvalue weighted by molar-refractivity contribution is 5.32. The van der Waals surface area contributed by atoms with Crippen LogP contribution in [0.4, 0.5) is 0 Å². The molecule has 0 saturated heterocycles. The summed E-state index contributed by atoms with van der Waals surface area (Å²) in [5.74, 6) is 0. The van der Waals surface area contributed by atoms with E-state index in [0.717, 1.165) is 12.8 Å². The molecule has 0 N–H and O–H groups in total. The molecule has 0 atom stereocenters. The molecule has 0 heterocycles. The van der Waals surface area contributed by atoms with Crippen LogP contribution in [0.2, 0.25) is 0 Å². The monoisotopic (exact) mass is 182 g/mol. The predicted molar refractivity (Wildman–Crippen MR) is 64.1 cm³/mol. The second kappa shape index (κ2) is 9.57. The minimum atomic E-state index is 1.16. The molecule has 0 rings (SSSR count). The summed E-state index contributed by atoms with van der Waals surface area (Å²) in [7, 11) is 0. The van der Waals surface area contributed by atoms with Crippen molar-refractivity contribution in [3.8, 4) is 0 Å². The quantitative estimate of drug-likeness (QED) is 0.532. The Labute approximate surface area is 84.7 Å². The Morgan fingerprint density at radius 3 is 1.54 bits per heavy atom. The van der Waals surface area contributed by atoms with Gasteiger partial charge in [-0.3, -0.25) is 0 Å². The van der Waals surface area contributed by atoms with E-state index in [1.807, 2.05) is 13.8 Å². The van der Waals surface area contributed by atoms with Crippen molar-refractivity contribution in [1.82, 2.24) is 0 Å². The van der Waals surface area contributed by atoms with Crippen LogP contribution in [0, 0.1) is 0 Å². The molecule has 0 bridgehead atoms. The second-order valence-electron chi connectivity index (χ2n) is 3.00. The number of hydrogen-bond acceptors (Lipinski definition) is 0. The fourth-order valence-corrected chi connectivity index (χ4v) is 1.49. The third-order valence-corrected chi connectivity index (χ3v) is 2.07. The molecule has 13 heavy (non-hydrogen) atoms. The first-order valence-corrected chi connectivity index (χ1v) is 5.49. The Hall–Kier alpha value is -0.520. The van der Waals surface area contributed by atoms with E-state index in [2.05, 4.69) is 40.7 Å². The molecule has 0 aromatic heterocycles. The molecule has 0 radical (unpaired) electrons. The number of allylic oxidation sites excluding steroid dienone is 4. The van der Waals surface area contributed by atoms with Crippen molar-refractivity contribution in [3.63, 3.8) is 0 Å². The molecule has 0 heteroatoms. The maximum absolute atomic E-state index is 2.23. The minimum Gasteiger partial charge on any atom is -0.0842 e. The summed E-state index contributed by atoms with van der Waals surface area (Å²) in [5, 5.41) is 0. The first kappa shape index (κ1) is 15.0. The molecule has 0 amide bonds. The van der Waals surface area contributed by atoms with E-state index >= 15 is 0 Å². The van der Waals surface area contributed by atoms with Crippen molar-refractivity contribution in [2.45, 2.75) is 61.3 Å². The van der Waals surface area contributed by atoms with Gasteiger partial charge >= 0.3 is 0 Å². The van der Waals surface area contributed by atoms with E-state index in [-0.39, 0.29) is 0 Å². The number of hydrogen-bond donors (Lipinski definition) is 0. The van der Waals surface area contributed by atoms with E-state index in [4.69, 9.17) is 0 Å². The van der Waals surface area contributed by atoms with Gasteiger partial charge in [0.05, 0.1) is 0 Å². The smallest absolute Gasteiger partial charge is 0.0305 e. The third-order valence-electron chi connectivity index (χ3n) is 2.07. The van der Waals surface area contributed by atoms with Crippen LogP contribution in [-0.4, -0.2) is 0 Å². The van der Waals surface area contributed by atoms with Gasteiger partial charge in [0.2, 0.25) is 0 Å². The number of rotatable bonds is 3. The van der Waals surface area contributed by atoms with Gasteiger partial charge in [0.25, 0.3) is 0 Å². The Bertz CT molecular complexity index is 166. The third kappa shape index (κ3) is 5.68. The average Bonchev–Trinajstić information content (AvgIpc) is 2.16. The lowest BCUT2D eigenvalue weighted by Crippen LogP contribution is -1.89. The lowest BCUT2D eigenvalue weighted by Gasteiger charge is -2.09. The van der Waals surface area contributed by atoms with Gasteiger partial charge in [0.15, 0.2) is 0 Å². The Morgan fingerprint density at radius 1 is 1.00 bits per heavy atom. The molecular weight excluding hydrogens is 156 g/mol. The topological polar surface area (TPSA) is 0 Å². The Kier molecular flexibility index (Phi) is 11.0. The molecule has 0 spiro atoms. The largest absolute Gasteiger partial charge is 0.0842 e. The fraction of sp³-hybridized carbons (Fsp3) is 0.692. The molecule has 0 aliphatic rings. The van der Waals surface area contributed by atoms with E-state index in [1.54, 1.807) is 0 Å². The molecule has 0 aromatic rings. The van der Waals surface area contributed by atoms with Crippen molar-refractivity contribution < 1.29 is 0 Å². The van der Waals surface area contributed by atoms with Crippen molar-refractivity contribution in [2.24, 2.45) is 0 Å². The van der Waals surface area contributed by atoms with Gasteiger partial charge in [0.1, 0.15) is 0 Å². The van der Waals surface area contributed by atoms with Crippen LogP contribution < -0.4 is 0 Å². The Morgan fingerprint density at radius 2 is 1.46 bits per heavy atom. The van der Waals surface area contributed by atoms with Gasteiger partial charge in [-0.05, 0) is 44.8 Å². The lowest BCUT2D eigenvalue weighted by molar-refractivity contribution is 0.992. The van der Waals surface area contributed by atoms with Gasteiger partial charge in [-0.15, -0.1) is 0 Å². The van der Waals surface area contributed by atoms with Crippen LogP contribution in [0.1, 0.15) is 61.3 Å².